The van der Waals surface area contributed by atoms with Crippen molar-refractivity contribution in [1.82, 2.24) is 4.98 Å². The Morgan fingerprint density at radius 1 is 1.06 bits per heavy atom. The highest BCUT2D eigenvalue weighted by atomic mass is 32.1. The fourth-order valence-electron chi connectivity index (χ4n) is 1.74. The van der Waals surface area contributed by atoms with Gasteiger partial charge in [0.1, 0.15) is 0 Å². The van der Waals surface area contributed by atoms with E-state index in [1.54, 1.807) is 22.7 Å². The maximum Gasteiger partial charge on any atom is 0.187 e. The molecule has 0 aliphatic carbocycles. The molecule has 0 aliphatic heterocycles. The molecular weight excluding hydrogens is 260 g/mol. The molecule has 0 saturated heterocycles. The number of thiophene rings is 1. The molecule has 3 aromatic rings. The fourth-order valence-corrected chi connectivity index (χ4v) is 3.42. The SMILES string of the molecule is Cc1sc(Nc2ccccc2)nc1-c1cccs1. The number of hydrogen-bond acceptors (Lipinski definition) is 4. The number of nitrogens with one attached hydrogen (secondary N) is 1. The Bertz CT molecular complexity index is 627. The second-order valence-corrected chi connectivity index (χ2v) is 6.04. The molecule has 4 heteroatoms. The first-order chi connectivity index (χ1) is 8.83. The van der Waals surface area contributed by atoms with Crippen molar-refractivity contribution in [2.24, 2.45) is 0 Å². The maximum atomic E-state index is 4.67. The summed E-state index contributed by atoms with van der Waals surface area (Å²) in [5.41, 5.74) is 2.16. The largest absolute Gasteiger partial charge is 0.332 e. The van der Waals surface area contributed by atoms with Crippen LogP contribution < -0.4 is 5.32 Å². The van der Waals surface area contributed by atoms with Crippen molar-refractivity contribution in [2.45, 2.75) is 6.92 Å². The van der Waals surface area contributed by atoms with Crippen LogP contribution in [0.5, 0.6) is 0 Å². The summed E-state index contributed by atoms with van der Waals surface area (Å²) in [6.07, 6.45) is 0. The summed E-state index contributed by atoms with van der Waals surface area (Å²) in [5.74, 6) is 0. The fraction of sp³-hybridized carbons (Fsp3) is 0.0714. The van der Waals surface area contributed by atoms with Gasteiger partial charge in [-0.3, -0.25) is 0 Å². The van der Waals surface area contributed by atoms with Gasteiger partial charge in [-0.25, -0.2) is 4.98 Å². The van der Waals surface area contributed by atoms with Crippen LogP contribution in [0.3, 0.4) is 0 Å². The lowest BCUT2D eigenvalue weighted by Crippen LogP contribution is -1.88. The topological polar surface area (TPSA) is 24.9 Å². The second kappa shape index (κ2) is 4.92. The van der Waals surface area contributed by atoms with Crippen LogP contribution in [-0.4, -0.2) is 4.98 Å². The lowest BCUT2D eigenvalue weighted by atomic mass is 10.3. The van der Waals surface area contributed by atoms with Crippen molar-refractivity contribution in [3.05, 3.63) is 52.7 Å². The number of hydrogen-bond donors (Lipinski definition) is 1. The van der Waals surface area contributed by atoms with Gasteiger partial charge < -0.3 is 5.32 Å². The highest BCUT2D eigenvalue weighted by Crippen LogP contribution is 2.33. The molecule has 1 N–H and O–H groups in total. The lowest BCUT2D eigenvalue weighted by molar-refractivity contribution is 1.37. The number of nitrogens with zero attached hydrogens (tertiary/aromatic N) is 1. The number of aryl methyl sites for hydroxylation is 1. The standard InChI is InChI=1S/C14H12N2S2/c1-10-13(12-8-5-9-17-12)16-14(18-10)15-11-6-3-2-4-7-11/h2-9H,1H3,(H,15,16). The summed E-state index contributed by atoms with van der Waals surface area (Å²) in [5, 5.41) is 6.37. The summed E-state index contributed by atoms with van der Waals surface area (Å²) in [6.45, 7) is 2.11. The minimum Gasteiger partial charge on any atom is -0.332 e. The van der Waals surface area contributed by atoms with Crippen LogP contribution in [0.1, 0.15) is 4.88 Å². The molecule has 3 rings (SSSR count). The molecule has 2 heterocycles. The molecule has 0 radical (unpaired) electrons. The van der Waals surface area contributed by atoms with E-state index in [0.717, 1.165) is 16.5 Å². The van der Waals surface area contributed by atoms with E-state index in [-0.39, 0.29) is 0 Å². The molecule has 0 aliphatic rings. The average molecular weight is 272 g/mol. The molecule has 90 valence electrons. The van der Waals surface area contributed by atoms with E-state index < -0.39 is 0 Å². The molecule has 0 saturated carbocycles. The molecule has 0 unspecified atom stereocenters. The van der Waals surface area contributed by atoms with Crippen LogP contribution in [0, 0.1) is 6.92 Å². The van der Waals surface area contributed by atoms with Gasteiger partial charge in [-0.1, -0.05) is 24.3 Å². The quantitative estimate of drug-likeness (QED) is 0.731. The Labute approximate surface area is 114 Å². The van der Waals surface area contributed by atoms with E-state index in [9.17, 15) is 0 Å². The van der Waals surface area contributed by atoms with Gasteiger partial charge in [0.2, 0.25) is 0 Å². The third kappa shape index (κ3) is 2.30. The first-order valence-electron chi connectivity index (χ1n) is 5.66. The molecule has 18 heavy (non-hydrogen) atoms. The highest BCUT2D eigenvalue weighted by Gasteiger charge is 2.10. The molecule has 0 bridgehead atoms. The highest BCUT2D eigenvalue weighted by molar-refractivity contribution is 7.17. The van der Waals surface area contributed by atoms with Crippen LogP contribution in [0.2, 0.25) is 0 Å². The van der Waals surface area contributed by atoms with Crippen LogP contribution in [-0.2, 0) is 0 Å². The van der Waals surface area contributed by atoms with Gasteiger partial charge in [0.05, 0.1) is 10.6 Å². The molecule has 0 atom stereocenters. The summed E-state index contributed by atoms with van der Waals surface area (Å²) in [4.78, 5) is 7.14. The van der Waals surface area contributed by atoms with E-state index in [1.807, 2.05) is 30.3 Å². The third-order valence-electron chi connectivity index (χ3n) is 2.58. The van der Waals surface area contributed by atoms with Crippen LogP contribution in [0.25, 0.3) is 10.6 Å². The molecule has 0 amide bonds. The number of thiazole rings is 1. The molecule has 2 nitrogen and oxygen atoms in total. The monoisotopic (exact) mass is 272 g/mol. The van der Waals surface area contributed by atoms with Gasteiger partial charge in [-0.05, 0) is 30.5 Å². The van der Waals surface area contributed by atoms with Gasteiger partial charge >= 0.3 is 0 Å². The van der Waals surface area contributed by atoms with Crippen LogP contribution >= 0.6 is 22.7 Å². The van der Waals surface area contributed by atoms with E-state index in [4.69, 9.17) is 0 Å². The Balaban J connectivity index is 1.89. The smallest absolute Gasteiger partial charge is 0.187 e. The Morgan fingerprint density at radius 2 is 1.89 bits per heavy atom. The normalized spacial score (nSPS) is 10.5. The van der Waals surface area contributed by atoms with Crippen molar-refractivity contribution in [3.8, 4) is 10.6 Å². The zero-order valence-electron chi connectivity index (χ0n) is 9.88. The lowest BCUT2D eigenvalue weighted by Gasteiger charge is -2.00. The van der Waals surface area contributed by atoms with Gasteiger partial charge in [-0.2, -0.15) is 0 Å². The first-order valence-corrected chi connectivity index (χ1v) is 7.36. The number of aromatic nitrogens is 1. The Morgan fingerprint density at radius 3 is 2.61 bits per heavy atom. The minimum atomic E-state index is 0.946. The summed E-state index contributed by atoms with van der Waals surface area (Å²) in [7, 11) is 0. The van der Waals surface area contributed by atoms with Crippen molar-refractivity contribution < 1.29 is 0 Å². The molecule has 2 aromatic heterocycles. The van der Waals surface area contributed by atoms with Crippen molar-refractivity contribution in [3.63, 3.8) is 0 Å². The first kappa shape index (κ1) is 11.4. The number of benzene rings is 1. The summed E-state index contributed by atoms with van der Waals surface area (Å²) in [6, 6.07) is 14.3. The molecular formula is C14H12N2S2. The van der Waals surface area contributed by atoms with Crippen LogP contribution in [0.4, 0.5) is 10.8 Å². The minimum absolute atomic E-state index is 0.946. The molecule has 1 aromatic carbocycles. The van der Waals surface area contributed by atoms with E-state index in [1.165, 1.54) is 9.75 Å². The second-order valence-electron chi connectivity index (χ2n) is 3.89. The van der Waals surface area contributed by atoms with Gasteiger partial charge in [0.15, 0.2) is 5.13 Å². The average Bonchev–Trinajstić information content (AvgIpc) is 3.00. The van der Waals surface area contributed by atoms with Crippen molar-refractivity contribution in [1.29, 1.82) is 0 Å². The maximum absolute atomic E-state index is 4.67. The van der Waals surface area contributed by atoms with Gasteiger partial charge in [0, 0.05) is 10.6 Å². The van der Waals surface area contributed by atoms with E-state index in [2.05, 4.69) is 34.7 Å². The Hall–Kier alpha value is -1.65. The zero-order chi connectivity index (χ0) is 12.4. The van der Waals surface area contributed by atoms with E-state index in [0.29, 0.717) is 0 Å². The number of rotatable bonds is 3. The van der Waals surface area contributed by atoms with Gasteiger partial charge in [-0.15, -0.1) is 22.7 Å². The molecule has 0 spiro atoms. The van der Waals surface area contributed by atoms with Crippen LogP contribution in [0.15, 0.2) is 47.8 Å². The van der Waals surface area contributed by atoms with Crippen molar-refractivity contribution >= 4 is 33.5 Å². The third-order valence-corrected chi connectivity index (χ3v) is 4.34. The predicted octanol–water partition coefficient (Wildman–Crippen LogP) is 4.92. The summed E-state index contributed by atoms with van der Waals surface area (Å²) < 4.78 is 0. The number of anilines is 2. The van der Waals surface area contributed by atoms with Crippen molar-refractivity contribution in [2.75, 3.05) is 5.32 Å². The van der Waals surface area contributed by atoms with Gasteiger partial charge in [0.25, 0.3) is 0 Å². The number of para-hydroxylation sites is 1. The Kier molecular flexibility index (Phi) is 3.13. The predicted molar refractivity (Wildman–Crippen MR) is 79.9 cm³/mol. The summed E-state index contributed by atoms with van der Waals surface area (Å²) >= 11 is 3.42. The zero-order valence-corrected chi connectivity index (χ0v) is 11.5. The molecule has 0 fully saturated rings. The van der Waals surface area contributed by atoms with E-state index >= 15 is 0 Å².